The zero-order chi connectivity index (χ0) is 34.2. The zero-order valence-electron chi connectivity index (χ0n) is 28.9. The third kappa shape index (κ3) is 7.11. The maximum atomic E-state index is 6.61. The summed E-state index contributed by atoms with van der Waals surface area (Å²) in [5.74, 6) is 2.17. The molecule has 0 unspecified atom stereocenters. The average molecular weight is 832 g/mol. The Hall–Kier alpha value is -5.10. The van der Waals surface area contributed by atoms with Crippen molar-refractivity contribution in [3.05, 3.63) is 139 Å². The van der Waals surface area contributed by atoms with Gasteiger partial charge in [-0.2, -0.15) is 0 Å². The summed E-state index contributed by atoms with van der Waals surface area (Å²) in [6, 6.07) is 40.6. The molecule has 0 N–H and O–H groups in total. The van der Waals surface area contributed by atoms with Crippen molar-refractivity contribution >= 4 is 32.7 Å². The van der Waals surface area contributed by atoms with E-state index in [2.05, 4.69) is 82.9 Å². The minimum atomic E-state index is -0.219. The molecule has 0 saturated heterocycles. The Balaban J connectivity index is 0.000000281. The van der Waals surface area contributed by atoms with Crippen LogP contribution >= 0.6 is 0 Å². The molecule has 0 spiro atoms. The molecule has 0 bridgehead atoms. The summed E-state index contributed by atoms with van der Waals surface area (Å²) in [6.07, 6.45) is 3.69. The first kappa shape index (κ1) is 34.8. The van der Waals surface area contributed by atoms with Crippen molar-refractivity contribution in [3.8, 4) is 33.9 Å². The number of nitrogens with zero attached hydrogens (tertiary/aromatic N) is 5. The van der Waals surface area contributed by atoms with Gasteiger partial charge in [-0.1, -0.05) is 107 Å². The van der Waals surface area contributed by atoms with Crippen molar-refractivity contribution in [1.82, 2.24) is 24.9 Å². The molecule has 50 heavy (non-hydrogen) atoms. The number of benzene rings is 4. The van der Waals surface area contributed by atoms with Crippen LogP contribution in [0.1, 0.15) is 53.2 Å². The molecule has 0 aliphatic rings. The summed E-state index contributed by atoms with van der Waals surface area (Å²) in [5, 5.41) is 4.26. The molecule has 0 fully saturated rings. The number of furan rings is 1. The molecular weight excluding hydrogens is 795 g/mol. The SMILES string of the molecule is CC(C)(C)c1nc(-c2cccc3c2oc2c(-c4cc5ccccc5cn4)[c-]ccc23)nc(C(C)(C)C)n1.[Ir].[c-]1ccccc1-c1ccccn1. The summed E-state index contributed by atoms with van der Waals surface area (Å²) >= 11 is 0. The predicted octanol–water partition coefficient (Wildman–Crippen LogP) is 10.6. The van der Waals surface area contributed by atoms with Crippen LogP contribution in [0.3, 0.4) is 0 Å². The Kier molecular flexibility index (Phi) is 9.75. The Labute approximate surface area is 306 Å². The van der Waals surface area contributed by atoms with Crippen LogP contribution in [0.25, 0.3) is 66.6 Å². The quantitative estimate of drug-likeness (QED) is 0.165. The van der Waals surface area contributed by atoms with Crippen LogP contribution < -0.4 is 0 Å². The monoisotopic (exact) mass is 832 g/mol. The number of para-hydroxylation sites is 1. The number of rotatable bonds is 3. The largest absolute Gasteiger partial charge is 0.500 e. The Morgan fingerprint density at radius 2 is 1.28 bits per heavy atom. The van der Waals surface area contributed by atoms with Crippen molar-refractivity contribution in [2.75, 3.05) is 0 Å². The normalized spacial score (nSPS) is 11.6. The molecule has 4 heterocycles. The first-order valence-electron chi connectivity index (χ1n) is 16.4. The van der Waals surface area contributed by atoms with Gasteiger partial charge in [0.05, 0.1) is 11.1 Å². The van der Waals surface area contributed by atoms with Crippen LogP contribution in [0, 0.1) is 12.1 Å². The fourth-order valence-electron chi connectivity index (χ4n) is 5.59. The molecule has 0 atom stereocenters. The van der Waals surface area contributed by atoms with Crippen molar-refractivity contribution in [2.45, 2.75) is 52.4 Å². The third-order valence-electron chi connectivity index (χ3n) is 8.21. The molecule has 8 rings (SSSR count). The molecule has 7 heteroatoms. The van der Waals surface area contributed by atoms with Gasteiger partial charge in [-0.15, -0.1) is 54.1 Å². The number of fused-ring (bicyclic) bond motifs is 4. The van der Waals surface area contributed by atoms with E-state index in [9.17, 15) is 0 Å². The smallest absolute Gasteiger partial charge is 0.167 e. The van der Waals surface area contributed by atoms with E-state index in [1.165, 1.54) is 0 Å². The van der Waals surface area contributed by atoms with Crippen molar-refractivity contribution in [3.63, 3.8) is 0 Å². The van der Waals surface area contributed by atoms with Gasteiger partial charge >= 0.3 is 0 Å². The van der Waals surface area contributed by atoms with E-state index in [0.717, 1.165) is 72.4 Å². The molecular formula is C43H37IrN5O-2. The van der Waals surface area contributed by atoms with Gasteiger partial charge in [-0.05, 0) is 34.3 Å². The predicted molar refractivity (Wildman–Crippen MR) is 198 cm³/mol. The van der Waals surface area contributed by atoms with E-state index in [4.69, 9.17) is 24.4 Å². The second kappa shape index (κ2) is 14.0. The molecule has 1 radical (unpaired) electrons. The van der Waals surface area contributed by atoms with Gasteiger partial charge in [0.25, 0.3) is 0 Å². The van der Waals surface area contributed by atoms with Crippen LogP contribution in [0.15, 0.2) is 120 Å². The van der Waals surface area contributed by atoms with Crippen LogP contribution in [-0.2, 0) is 30.9 Å². The van der Waals surface area contributed by atoms with E-state index in [-0.39, 0.29) is 30.9 Å². The maximum Gasteiger partial charge on any atom is 0.167 e. The van der Waals surface area contributed by atoms with E-state index in [1.54, 1.807) is 6.20 Å². The van der Waals surface area contributed by atoms with Crippen molar-refractivity contribution < 1.29 is 24.5 Å². The molecule has 0 amide bonds. The van der Waals surface area contributed by atoms with Crippen LogP contribution in [0.2, 0.25) is 0 Å². The Bertz CT molecular complexity index is 2340. The van der Waals surface area contributed by atoms with Crippen molar-refractivity contribution in [1.29, 1.82) is 0 Å². The van der Waals surface area contributed by atoms with Gasteiger partial charge < -0.3 is 14.4 Å². The molecule has 0 aliphatic carbocycles. The molecule has 0 saturated carbocycles. The number of hydrogen-bond donors (Lipinski definition) is 0. The van der Waals surface area contributed by atoms with E-state index < -0.39 is 0 Å². The van der Waals surface area contributed by atoms with Crippen LogP contribution in [0.5, 0.6) is 0 Å². The van der Waals surface area contributed by atoms with E-state index in [0.29, 0.717) is 5.82 Å². The first-order chi connectivity index (χ1) is 23.6. The molecule has 4 aromatic carbocycles. The van der Waals surface area contributed by atoms with Crippen molar-refractivity contribution in [2.24, 2.45) is 0 Å². The van der Waals surface area contributed by atoms with Gasteiger partial charge in [0.2, 0.25) is 0 Å². The Morgan fingerprint density at radius 3 is 1.96 bits per heavy atom. The molecule has 0 aliphatic heterocycles. The zero-order valence-corrected chi connectivity index (χ0v) is 31.3. The van der Waals surface area contributed by atoms with Crippen LogP contribution in [-0.4, -0.2) is 24.9 Å². The Morgan fingerprint density at radius 1 is 0.580 bits per heavy atom. The third-order valence-corrected chi connectivity index (χ3v) is 8.21. The average Bonchev–Trinajstić information content (AvgIpc) is 3.51. The summed E-state index contributed by atoms with van der Waals surface area (Å²) < 4.78 is 6.61. The van der Waals surface area contributed by atoms with Gasteiger partial charge in [-0.3, -0.25) is 0 Å². The van der Waals surface area contributed by atoms with Gasteiger partial charge in [0.15, 0.2) is 5.82 Å². The summed E-state index contributed by atoms with van der Waals surface area (Å²) in [7, 11) is 0. The summed E-state index contributed by atoms with van der Waals surface area (Å²) in [6.45, 7) is 12.7. The number of aromatic nitrogens is 5. The molecule has 4 aromatic heterocycles. The van der Waals surface area contributed by atoms with E-state index in [1.807, 2.05) is 85.1 Å². The number of pyridine rings is 2. The first-order valence-corrected chi connectivity index (χ1v) is 16.4. The summed E-state index contributed by atoms with van der Waals surface area (Å²) in [5.41, 5.74) is 5.61. The second-order valence-electron chi connectivity index (χ2n) is 14.1. The minimum Gasteiger partial charge on any atom is -0.500 e. The van der Waals surface area contributed by atoms with Gasteiger partial charge in [0, 0.05) is 48.7 Å². The fourth-order valence-corrected chi connectivity index (χ4v) is 5.59. The number of hydrogen-bond acceptors (Lipinski definition) is 6. The van der Waals surface area contributed by atoms with Gasteiger partial charge in [-0.25, -0.2) is 15.0 Å². The summed E-state index contributed by atoms with van der Waals surface area (Å²) in [4.78, 5) is 23.6. The fraction of sp³-hybridized carbons (Fsp3) is 0.186. The van der Waals surface area contributed by atoms with Gasteiger partial charge in [0.1, 0.15) is 17.2 Å². The molecule has 8 aromatic rings. The van der Waals surface area contributed by atoms with Crippen LogP contribution in [0.4, 0.5) is 0 Å². The minimum absolute atomic E-state index is 0. The topological polar surface area (TPSA) is 77.6 Å². The standard InChI is InChI=1S/C32H29N4O.C11H8N.Ir/c1-31(2,3)29-34-28(35-30(36-29)32(4,5)6)24-16-10-14-22-21-13-9-15-23(26(21)37-27(22)24)25-17-19-11-7-8-12-20(19)18-33-25;1-2-6-10(7-3-1)11-8-4-5-9-12-11;/h7-14,16-18H,1-6H3;1-6,8-9H;/q2*-1;. The second-order valence-corrected chi connectivity index (χ2v) is 14.1. The maximum absolute atomic E-state index is 6.61. The molecule has 251 valence electrons. The van der Waals surface area contributed by atoms with E-state index >= 15 is 0 Å². The molecule has 6 nitrogen and oxygen atoms in total.